The maximum Gasteiger partial charge on any atom is 0.342 e. The molecule has 0 saturated heterocycles. The Kier molecular flexibility index (Phi) is 3.60. The Morgan fingerprint density at radius 2 is 2.23 bits per heavy atom. The summed E-state index contributed by atoms with van der Waals surface area (Å²) in [6.07, 6.45) is 5.19. The fraction of sp³-hybridized carbons (Fsp3) is 0.471. The molecule has 1 N–H and O–H groups in total. The van der Waals surface area contributed by atoms with Crippen molar-refractivity contribution >= 4 is 12.0 Å². The molecule has 0 saturated carbocycles. The van der Waals surface area contributed by atoms with Crippen molar-refractivity contribution in [1.82, 2.24) is 0 Å². The number of carbonyl (C=O) groups is 1. The van der Waals surface area contributed by atoms with Crippen molar-refractivity contribution < 1.29 is 24.1 Å². The minimum Gasteiger partial charge on any atom is -0.496 e. The van der Waals surface area contributed by atoms with E-state index in [4.69, 9.17) is 19.3 Å². The summed E-state index contributed by atoms with van der Waals surface area (Å²) in [7, 11) is 1.61. The fourth-order valence-corrected chi connectivity index (χ4v) is 3.12. The van der Waals surface area contributed by atoms with Crippen molar-refractivity contribution in [3.63, 3.8) is 0 Å². The second kappa shape index (κ2) is 5.32. The van der Waals surface area contributed by atoms with Gasteiger partial charge >= 0.3 is 5.97 Å². The van der Waals surface area contributed by atoms with Crippen molar-refractivity contribution in [2.75, 3.05) is 13.7 Å². The second-order valence-corrected chi connectivity index (χ2v) is 5.91. The van der Waals surface area contributed by atoms with Crippen molar-refractivity contribution in [3.05, 3.63) is 28.3 Å². The quantitative estimate of drug-likeness (QED) is 0.866. The second-order valence-electron chi connectivity index (χ2n) is 5.91. The van der Waals surface area contributed by atoms with Gasteiger partial charge in [-0.2, -0.15) is 0 Å². The van der Waals surface area contributed by atoms with E-state index in [-0.39, 0.29) is 19.2 Å². The number of ether oxygens (including phenoxy) is 3. The Bertz CT molecular complexity index is 662. The molecule has 0 aliphatic carbocycles. The Hall–Kier alpha value is -2.01. The molecule has 1 aromatic rings. The summed E-state index contributed by atoms with van der Waals surface area (Å²) in [5, 5.41) is 9.05. The van der Waals surface area contributed by atoms with Crippen molar-refractivity contribution in [2.45, 2.75) is 38.9 Å². The van der Waals surface area contributed by atoms with Crippen LogP contribution in [0, 0.1) is 6.92 Å². The number of hydrogen-bond acceptors (Lipinski definition) is 5. The van der Waals surface area contributed by atoms with Gasteiger partial charge in [-0.15, -0.1) is 0 Å². The van der Waals surface area contributed by atoms with E-state index in [9.17, 15) is 4.79 Å². The molecule has 2 heterocycles. The zero-order valence-electron chi connectivity index (χ0n) is 13.1. The summed E-state index contributed by atoms with van der Waals surface area (Å²) in [5.41, 5.74) is 2.48. The van der Waals surface area contributed by atoms with Gasteiger partial charge in [0.25, 0.3) is 0 Å². The van der Waals surface area contributed by atoms with Crippen molar-refractivity contribution in [2.24, 2.45) is 0 Å². The number of methoxy groups -OCH3 is 1. The highest BCUT2D eigenvalue weighted by atomic mass is 16.5. The summed E-state index contributed by atoms with van der Waals surface area (Å²) in [6.45, 7) is 4.23. The lowest BCUT2D eigenvalue weighted by atomic mass is 9.90. The third-order valence-corrected chi connectivity index (χ3v) is 4.34. The third-order valence-electron chi connectivity index (χ3n) is 4.34. The van der Waals surface area contributed by atoms with Gasteiger partial charge in [0.05, 0.1) is 12.7 Å². The molecule has 2 aliphatic rings. The summed E-state index contributed by atoms with van der Waals surface area (Å²) in [6, 6.07) is 0. The molecule has 0 amide bonds. The average molecular weight is 304 g/mol. The molecule has 5 nitrogen and oxygen atoms in total. The van der Waals surface area contributed by atoms with Crippen LogP contribution in [0.1, 0.15) is 46.8 Å². The molecule has 118 valence electrons. The first-order chi connectivity index (χ1) is 10.5. The van der Waals surface area contributed by atoms with E-state index in [0.29, 0.717) is 29.9 Å². The lowest BCUT2D eigenvalue weighted by Gasteiger charge is -2.33. The Morgan fingerprint density at radius 3 is 2.91 bits per heavy atom. The number of benzene rings is 1. The van der Waals surface area contributed by atoms with Crippen LogP contribution in [0.4, 0.5) is 0 Å². The van der Waals surface area contributed by atoms with E-state index in [1.54, 1.807) is 7.11 Å². The minimum absolute atomic E-state index is 0.108. The van der Waals surface area contributed by atoms with Gasteiger partial charge in [0.2, 0.25) is 0 Å². The summed E-state index contributed by atoms with van der Waals surface area (Å²) >= 11 is 0. The van der Waals surface area contributed by atoms with Gasteiger partial charge in [-0.05, 0) is 44.4 Å². The molecular formula is C17H20O5. The lowest BCUT2D eigenvalue weighted by Crippen LogP contribution is -2.33. The number of fused-ring (bicyclic) bond motifs is 3. The smallest absolute Gasteiger partial charge is 0.342 e. The largest absolute Gasteiger partial charge is 0.496 e. The molecule has 1 unspecified atom stereocenters. The van der Waals surface area contributed by atoms with Gasteiger partial charge in [0.15, 0.2) is 0 Å². The number of esters is 1. The predicted molar refractivity (Wildman–Crippen MR) is 81.2 cm³/mol. The van der Waals surface area contributed by atoms with Crippen LogP contribution in [0.15, 0.2) is 6.08 Å². The van der Waals surface area contributed by atoms with E-state index < -0.39 is 5.60 Å². The molecule has 0 radical (unpaired) electrons. The Balaban J connectivity index is 2.15. The molecular weight excluding hydrogens is 284 g/mol. The van der Waals surface area contributed by atoms with Crippen LogP contribution < -0.4 is 9.47 Å². The molecule has 3 rings (SSSR count). The summed E-state index contributed by atoms with van der Waals surface area (Å²) < 4.78 is 16.8. The highest BCUT2D eigenvalue weighted by Gasteiger charge is 2.37. The van der Waals surface area contributed by atoms with Gasteiger partial charge in [0.1, 0.15) is 29.3 Å². The number of aliphatic hydroxyl groups is 1. The number of rotatable bonds is 4. The van der Waals surface area contributed by atoms with Crippen LogP contribution in [0.25, 0.3) is 6.08 Å². The number of cyclic esters (lactones) is 1. The van der Waals surface area contributed by atoms with E-state index in [2.05, 4.69) is 0 Å². The maximum absolute atomic E-state index is 12.1. The van der Waals surface area contributed by atoms with Crippen LogP contribution in [0.5, 0.6) is 11.5 Å². The van der Waals surface area contributed by atoms with Crippen LogP contribution in [-0.2, 0) is 11.3 Å². The van der Waals surface area contributed by atoms with Crippen LogP contribution >= 0.6 is 0 Å². The van der Waals surface area contributed by atoms with Gasteiger partial charge in [0, 0.05) is 12.2 Å². The molecule has 1 aromatic carbocycles. The summed E-state index contributed by atoms with van der Waals surface area (Å²) in [5.74, 6) is 0.896. The highest BCUT2D eigenvalue weighted by molar-refractivity contribution is 5.99. The monoisotopic (exact) mass is 304 g/mol. The Morgan fingerprint density at radius 1 is 1.45 bits per heavy atom. The number of carbonyl (C=O) groups excluding carboxylic acids is 1. The molecule has 0 fully saturated rings. The summed E-state index contributed by atoms with van der Waals surface area (Å²) in [4.78, 5) is 12.1. The first kappa shape index (κ1) is 14.9. The molecule has 0 spiro atoms. The molecule has 22 heavy (non-hydrogen) atoms. The Labute approximate surface area is 129 Å². The first-order valence-electron chi connectivity index (χ1n) is 7.40. The molecule has 0 bridgehead atoms. The van der Waals surface area contributed by atoms with Crippen molar-refractivity contribution in [1.29, 1.82) is 0 Å². The normalized spacial score (nSPS) is 21.9. The molecule has 1 atom stereocenters. The zero-order valence-corrected chi connectivity index (χ0v) is 13.1. The third kappa shape index (κ3) is 2.16. The molecule has 0 aromatic heterocycles. The minimum atomic E-state index is -0.549. The highest BCUT2D eigenvalue weighted by Crippen LogP contribution is 2.46. The van der Waals surface area contributed by atoms with Crippen LogP contribution in [0.3, 0.4) is 0 Å². The van der Waals surface area contributed by atoms with Crippen LogP contribution in [-0.4, -0.2) is 30.4 Å². The zero-order chi connectivity index (χ0) is 15.9. The van der Waals surface area contributed by atoms with Gasteiger partial charge in [-0.25, -0.2) is 4.79 Å². The number of hydrogen-bond donors (Lipinski definition) is 1. The van der Waals surface area contributed by atoms with Crippen LogP contribution in [0.2, 0.25) is 0 Å². The van der Waals surface area contributed by atoms with E-state index in [0.717, 1.165) is 16.7 Å². The van der Waals surface area contributed by atoms with E-state index in [1.165, 1.54) is 0 Å². The fourth-order valence-electron chi connectivity index (χ4n) is 3.12. The maximum atomic E-state index is 12.1. The standard InChI is InChI=1S/C17H20O5/c1-10-12-9-21-16(19)13(12)15-11(14(10)20-3)5-7-17(2,22-15)6-4-8-18/h5,7,18H,4,6,8-9H2,1-3H3. The van der Waals surface area contributed by atoms with Gasteiger partial charge < -0.3 is 19.3 Å². The van der Waals surface area contributed by atoms with E-state index in [1.807, 2.05) is 26.0 Å². The molecule has 5 heteroatoms. The van der Waals surface area contributed by atoms with Gasteiger partial charge in [-0.1, -0.05) is 0 Å². The molecule has 2 aliphatic heterocycles. The SMILES string of the molecule is COc1c(C)c2c(c3c1C=CC(C)(CCCO)O3)C(=O)OC2. The number of aliphatic hydroxyl groups excluding tert-OH is 1. The van der Waals surface area contributed by atoms with Gasteiger partial charge in [-0.3, -0.25) is 0 Å². The average Bonchev–Trinajstić information content (AvgIpc) is 2.89. The lowest BCUT2D eigenvalue weighted by molar-refractivity contribution is 0.0525. The van der Waals surface area contributed by atoms with Crippen molar-refractivity contribution in [3.8, 4) is 11.5 Å². The first-order valence-corrected chi connectivity index (χ1v) is 7.40. The predicted octanol–water partition coefficient (Wildman–Crippen LogP) is 2.61. The van der Waals surface area contributed by atoms with E-state index >= 15 is 0 Å². The topological polar surface area (TPSA) is 65.0 Å².